The van der Waals surface area contributed by atoms with Crippen LogP contribution in [0.3, 0.4) is 0 Å². The van der Waals surface area contributed by atoms with Gasteiger partial charge in [-0.3, -0.25) is 0 Å². The maximum absolute atomic E-state index is 6.38. The van der Waals surface area contributed by atoms with Crippen LogP contribution >= 0.6 is 46.4 Å². The van der Waals surface area contributed by atoms with Gasteiger partial charge in [-0.1, -0.05) is 64.6 Å². The van der Waals surface area contributed by atoms with Crippen LogP contribution < -0.4 is 10.1 Å². The van der Waals surface area contributed by atoms with Gasteiger partial charge in [0.2, 0.25) is 0 Å². The van der Waals surface area contributed by atoms with Crippen molar-refractivity contribution in [3.63, 3.8) is 0 Å². The van der Waals surface area contributed by atoms with E-state index in [9.17, 15) is 0 Å². The van der Waals surface area contributed by atoms with Crippen molar-refractivity contribution in [1.82, 2.24) is 0 Å². The average molecular weight is 441 g/mol. The maximum atomic E-state index is 6.38. The lowest BCUT2D eigenvalue weighted by Gasteiger charge is -2.16. The van der Waals surface area contributed by atoms with Crippen molar-refractivity contribution < 1.29 is 4.74 Å². The summed E-state index contributed by atoms with van der Waals surface area (Å²) < 4.78 is 5.99. The van der Waals surface area contributed by atoms with Crippen LogP contribution in [0.25, 0.3) is 0 Å². The lowest BCUT2D eigenvalue weighted by molar-refractivity contribution is 0.303. The fourth-order valence-electron chi connectivity index (χ4n) is 2.62. The van der Waals surface area contributed by atoms with Gasteiger partial charge in [0, 0.05) is 32.9 Å². The first-order valence-electron chi connectivity index (χ1n) is 8.27. The minimum atomic E-state index is 0.377. The van der Waals surface area contributed by atoms with Crippen LogP contribution in [-0.4, -0.2) is 0 Å². The average Bonchev–Trinajstić information content (AvgIpc) is 2.63. The molecule has 3 aromatic rings. The van der Waals surface area contributed by atoms with E-state index >= 15 is 0 Å². The molecule has 6 heteroatoms. The van der Waals surface area contributed by atoms with Gasteiger partial charge in [0.05, 0.1) is 5.02 Å². The van der Waals surface area contributed by atoms with Crippen molar-refractivity contribution in [1.29, 1.82) is 0 Å². The number of nitrogens with one attached hydrogen (secondary N) is 1. The van der Waals surface area contributed by atoms with Gasteiger partial charge < -0.3 is 10.1 Å². The van der Waals surface area contributed by atoms with Gasteiger partial charge in [-0.05, 0) is 54.4 Å². The van der Waals surface area contributed by atoms with Crippen LogP contribution in [0.2, 0.25) is 20.1 Å². The van der Waals surface area contributed by atoms with Crippen molar-refractivity contribution in [2.24, 2.45) is 0 Å². The molecule has 140 valence electrons. The third-order valence-electron chi connectivity index (χ3n) is 4.05. The quantitative estimate of drug-likeness (QED) is 0.422. The summed E-state index contributed by atoms with van der Waals surface area (Å²) in [6, 6.07) is 16.7. The predicted molar refractivity (Wildman–Crippen MR) is 116 cm³/mol. The van der Waals surface area contributed by atoms with E-state index < -0.39 is 0 Å². The van der Waals surface area contributed by atoms with Crippen LogP contribution in [0.1, 0.15) is 16.7 Å². The Bertz CT molecular complexity index is 942. The monoisotopic (exact) mass is 439 g/mol. The molecule has 0 heterocycles. The molecular weight excluding hydrogens is 424 g/mol. The third kappa shape index (κ3) is 5.46. The molecule has 0 spiro atoms. The molecule has 0 bridgehead atoms. The number of rotatable bonds is 6. The summed E-state index contributed by atoms with van der Waals surface area (Å²) in [6.07, 6.45) is 0. The molecule has 0 atom stereocenters. The summed E-state index contributed by atoms with van der Waals surface area (Å²) in [7, 11) is 0. The zero-order valence-electron chi connectivity index (χ0n) is 14.5. The number of ether oxygens (including phenoxy) is 1. The second-order valence-corrected chi connectivity index (χ2v) is 7.82. The number of halogens is 4. The fraction of sp³-hybridized carbons (Fsp3) is 0.143. The Labute approximate surface area is 179 Å². The molecule has 1 N–H and O–H groups in total. The smallest absolute Gasteiger partial charge is 0.143 e. The van der Waals surface area contributed by atoms with Crippen LogP contribution in [0, 0.1) is 6.92 Å². The van der Waals surface area contributed by atoms with Crippen molar-refractivity contribution in [3.05, 3.63) is 91.4 Å². The highest BCUT2D eigenvalue weighted by Gasteiger charge is 2.12. The summed E-state index contributed by atoms with van der Waals surface area (Å²) >= 11 is 24.6. The normalized spacial score (nSPS) is 10.7. The van der Waals surface area contributed by atoms with Gasteiger partial charge >= 0.3 is 0 Å². The van der Waals surface area contributed by atoms with Gasteiger partial charge in [0.15, 0.2) is 0 Å². The molecule has 0 unspecified atom stereocenters. The number of hydrogen-bond donors (Lipinski definition) is 1. The summed E-state index contributed by atoms with van der Waals surface area (Å²) in [5, 5.41) is 5.75. The Hall–Kier alpha value is -1.58. The van der Waals surface area contributed by atoms with E-state index in [1.165, 1.54) is 0 Å². The van der Waals surface area contributed by atoms with Crippen molar-refractivity contribution in [3.8, 4) is 5.75 Å². The van der Waals surface area contributed by atoms with E-state index in [-0.39, 0.29) is 0 Å². The van der Waals surface area contributed by atoms with Crippen LogP contribution in [0.15, 0.2) is 54.6 Å². The highest BCUT2D eigenvalue weighted by atomic mass is 35.5. The van der Waals surface area contributed by atoms with E-state index in [1.54, 1.807) is 6.07 Å². The summed E-state index contributed by atoms with van der Waals surface area (Å²) in [5.74, 6) is 0.600. The predicted octanol–water partition coefficient (Wildman–Crippen LogP) is 7.80. The first kappa shape index (κ1) is 20.2. The van der Waals surface area contributed by atoms with Crippen molar-refractivity contribution in [2.75, 3.05) is 5.32 Å². The van der Waals surface area contributed by atoms with Crippen molar-refractivity contribution >= 4 is 52.1 Å². The molecule has 0 radical (unpaired) electrons. The van der Waals surface area contributed by atoms with Crippen molar-refractivity contribution in [2.45, 2.75) is 20.1 Å². The van der Waals surface area contributed by atoms with E-state index in [1.807, 2.05) is 55.5 Å². The molecule has 0 saturated carbocycles. The molecule has 0 amide bonds. The highest BCUT2D eigenvalue weighted by molar-refractivity contribution is 6.35. The molecule has 3 aromatic carbocycles. The second kappa shape index (κ2) is 9.07. The van der Waals surface area contributed by atoms with Crippen LogP contribution in [0.5, 0.6) is 5.75 Å². The molecule has 0 aromatic heterocycles. The van der Waals surface area contributed by atoms with E-state index in [0.717, 1.165) is 22.4 Å². The number of anilines is 1. The largest absolute Gasteiger partial charge is 0.487 e. The summed E-state index contributed by atoms with van der Waals surface area (Å²) in [6.45, 7) is 2.89. The molecule has 0 aliphatic rings. The summed E-state index contributed by atoms with van der Waals surface area (Å²) in [5.41, 5.74) is 3.90. The molecule has 0 aliphatic heterocycles. The molecular formula is C21H17Cl4NO. The Morgan fingerprint density at radius 3 is 2.26 bits per heavy atom. The Morgan fingerprint density at radius 2 is 1.52 bits per heavy atom. The van der Waals surface area contributed by atoms with E-state index in [4.69, 9.17) is 51.1 Å². The molecule has 0 aliphatic carbocycles. The first-order chi connectivity index (χ1) is 12.9. The molecule has 2 nitrogen and oxygen atoms in total. The molecule has 0 fully saturated rings. The number of hydrogen-bond acceptors (Lipinski definition) is 2. The lowest BCUT2D eigenvalue weighted by atomic mass is 10.1. The standard InChI is InChI=1S/C21H17Cl4NO/c1-13-2-5-17(23)10-20(13)26-11-15-8-18(24)9-19(25)21(15)27-12-14-3-6-16(22)7-4-14/h2-10,26H,11-12H2,1H3. The lowest BCUT2D eigenvalue weighted by Crippen LogP contribution is -2.05. The first-order valence-corrected chi connectivity index (χ1v) is 9.79. The van der Waals surface area contributed by atoms with Crippen LogP contribution in [-0.2, 0) is 13.2 Å². The van der Waals surface area contributed by atoms with Gasteiger partial charge in [0.25, 0.3) is 0 Å². The third-order valence-corrected chi connectivity index (χ3v) is 5.04. The molecule has 27 heavy (non-hydrogen) atoms. The minimum absolute atomic E-state index is 0.377. The van der Waals surface area contributed by atoms with Gasteiger partial charge in [-0.2, -0.15) is 0 Å². The van der Waals surface area contributed by atoms with E-state index in [2.05, 4.69) is 5.32 Å². The number of aryl methyl sites for hydroxylation is 1. The maximum Gasteiger partial charge on any atom is 0.143 e. The summed E-state index contributed by atoms with van der Waals surface area (Å²) in [4.78, 5) is 0. The zero-order valence-corrected chi connectivity index (χ0v) is 17.6. The molecule has 0 saturated heterocycles. The Balaban J connectivity index is 1.79. The SMILES string of the molecule is Cc1ccc(Cl)cc1NCc1cc(Cl)cc(Cl)c1OCc1ccc(Cl)cc1. The molecule has 3 rings (SSSR count). The Morgan fingerprint density at radius 1 is 0.815 bits per heavy atom. The van der Waals surface area contributed by atoms with Gasteiger partial charge in [-0.25, -0.2) is 0 Å². The van der Waals surface area contributed by atoms with Gasteiger partial charge in [-0.15, -0.1) is 0 Å². The number of benzene rings is 3. The van der Waals surface area contributed by atoms with Crippen LogP contribution in [0.4, 0.5) is 5.69 Å². The topological polar surface area (TPSA) is 21.3 Å². The van der Waals surface area contributed by atoms with Gasteiger partial charge in [0.1, 0.15) is 12.4 Å². The van der Waals surface area contributed by atoms with E-state index in [0.29, 0.717) is 39.0 Å². The fourth-order valence-corrected chi connectivity index (χ4v) is 3.51. The highest BCUT2D eigenvalue weighted by Crippen LogP contribution is 2.34. The zero-order chi connectivity index (χ0) is 19.4. The Kier molecular flexibility index (Phi) is 6.78. The minimum Gasteiger partial charge on any atom is -0.487 e. The second-order valence-electron chi connectivity index (χ2n) is 6.10.